The molecule has 3 atom stereocenters. The van der Waals surface area contributed by atoms with Gasteiger partial charge in [0.15, 0.2) is 0 Å². The molecule has 0 aliphatic heterocycles. The number of hydrogen-bond donors (Lipinski definition) is 1. The zero-order chi connectivity index (χ0) is 18.3. The molecule has 0 unspecified atom stereocenters. The van der Waals surface area contributed by atoms with Crippen molar-refractivity contribution in [3.8, 4) is 5.69 Å². The van der Waals surface area contributed by atoms with Crippen LogP contribution in [0.4, 0.5) is 4.39 Å². The molecule has 4 heteroatoms. The second-order valence-electron chi connectivity index (χ2n) is 7.72. The minimum Gasteiger partial charge on any atom is -0.389 e. The van der Waals surface area contributed by atoms with Crippen LogP contribution < -0.4 is 0 Å². The first-order valence-corrected chi connectivity index (χ1v) is 9.37. The molecule has 136 valence electrons. The Hall–Kier alpha value is -2.20. The molecule has 1 aromatic heterocycles. The Bertz CT molecular complexity index is 865. The van der Waals surface area contributed by atoms with Crippen LogP contribution in [-0.4, -0.2) is 21.0 Å². The van der Waals surface area contributed by atoms with Crippen molar-refractivity contribution in [3.05, 3.63) is 65.3 Å². The molecular formula is C22H25FN2O. The maximum absolute atomic E-state index is 13.2. The summed E-state index contributed by atoms with van der Waals surface area (Å²) < 4.78 is 15.1. The average molecular weight is 352 g/mol. The van der Waals surface area contributed by atoms with Crippen LogP contribution in [0.2, 0.25) is 0 Å². The molecule has 1 heterocycles. The van der Waals surface area contributed by atoms with Crippen LogP contribution in [0.1, 0.15) is 44.4 Å². The molecule has 1 N–H and O–H groups in total. The minimum absolute atomic E-state index is 0.0408. The van der Waals surface area contributed by atoms with Crippen molar-refractivity contribution in [1.82, 2.24) is 9.78 Å². The molecule has 0 bridgehead atoms. The third kappa shape index (κ3) is 2.73. The van der Waals surface area contributed by atoms with E-state index in [2.05, 4.69) is 18.1 Å². The van der Waals surface area contributed by atoms with E-state index in [0.717, 1.165) is 37.1 Å². The van der Waals surface area contributed by atoms with E-state index in [1.807, 2.05) is 30.0 Å². The summed E-state index contributed by atoms with van der Waals surface area (Å²) in [7, 11) is 0. The third-order valence-electron chi connectivity index (χ3n) is 6.14. The first kappa shape index (κ1) is 17.2. The van der Waals surface area contributed by atoms with Gasteiger partial charge in [0, 0.05) is 0 Å². The molecule has 3 nitrogen and oxygen atoms in total. The van der Waals surface area contributed by atoms with Gasteiger partial charge >= 0.3 is 0 Å². The maximum atomic E-state index is 13.2. The van der Waals surface area contributed by atoms with Gasteiger partial charge in [0.1, 0.15) is 5.82 Å². The van der Waals surface area contributed by atoms with Crippen LogP contribution in [0.25, 0.3) is 11.8 Å². The normalized spacial score (nSPS) is 26.3. The van der Waals surface area contributed by atoms with Gasteiger partial charge in [0.25, 0.3) is 0 Å². The molecule has 0 spiro atoms. The highest BCUT2D eigenvalue weighted by Gasteiger charge is 2.45. The van der Waals surface area contributed by atoms with Gasteiger partial charge in [0.2, 0.25) is 0 Å². The van der Waals surface area contributed by atoms with Crippen LogP contribution in [0.3, 0.4) is 0 Å². The monoisotopic (exact) mass is 352 g/mol. The number of benzene rings is 1. The number of allylic oxidation sites excluding steroid dienone is 2. The second kappa shape index (κ2) is 6.51. The van der Waals surface area contributed by atoms with Crippen molar-refractivity contribution in [1.29, 1.82) is 0 Å². The quantitative estimate of drug-likeness (QED) is 0.814. The number of nitrogens with zero attached hydrogens (tertiary/aromatic N) is 2. The summed E-state index contributed by atoms with van der Waals surface area (Å²) in [6.45, 7) is 4.24. The third-order valence-corrected chi connectivity index (χ3v) is 6.14. The molecular weight excluding hydrogens is 327 g/mol. The van der Waals surface area contributed by atoms with Crippen molar-refractivity contribution >= 4 is 6.08 Å². The van der Waals surface area contributed by atoms with Crippen LogP contribution >= 0.6 is 0 Å². The highest BCUT2D eigenvalue weighted by molar-refractivity contribution is 5.61. The van der Waals surface area contributed by atoms with Crippen molar-refractivity contribution in [2.45, 2.75) is 45.6 Å². The van der Waals surface area contributed by atoms with Crippen molar-refractivity contribution in [3.63, 3.8) is 0 Å². The number of aliphatic hydroxyl groups is 1. The Morgan fingerprint density at radius 3 is 2.85 bits per heavy atom. The molecule has 0 radical (unpaired) electrons. The van der Waals surface area contributed by atoms with Crippen LogP contribution in [-0.2, 0) is 6.42 Å². The van der Waals surface area contributed by atoms with Crippen LogP contribution in [0.5, 0.6) is 0 Å². The second-order valence-corrected chi connectivity index (χ2v) is 7.72. The Morgan fingerprint density at radius 1 is 1.35 bits per heavy atom. The lowest BCUT2D eigenvalue weighted by Crippen LogP contribution is -2.42. The summed E-state index contributed by atoms with van der Waals surface area (Å²) >= 11 is 0. The minimum atomic E-state index is -0.414. The number of rotatable bonds is 3. The van der Waals surface area contributed by atoms with E-state index in [1.165, 1.54) is 23.3 Å². The predicted octanol–water partition coefficient (Wildman–Crippen LogP) is 4.69. The van der Waals surface area contributed by atoms with Crippen LogP contribution in [0, 0.1) is 17.2 Å². The number of hydrogen-bond acceptors (Lipinski definition) is 2. The van der Waals surface area contributed by atoms with E-state index in [-0.39, 0.29) is 17.2 Å². The van der Waals surface area contributed by atoms with Gasteiger partial charge in [-0.1, -0.05) is 24.6 Å². The summed E-state index contributed by atoms with van der Waals surface area (Å²) in [5.41, 5.74) is 4.51. The van der Waals surface area contributed by atoms with Gasteiger partial charge in [-0.05, 0) is 79.8 Å². The number of fused-ring (bicyclic) bond motifs is 2. The Morgan fingerprint density at radius 2 is 2.12 bits per heavy atom. The highest BCUT2D eigenvalue weighted by atomic mass is 19.1. The van der Waals surface area contributed by atoms with Gasteiger partial charge in [-0.2, -0.15) is 5.10 Å². The molecule has 2 aromatic rings. The maximum Gasteiger partial charge on any atom is 0.123 e. The Labute approximate surface area is 153 Å². The fourth-order valence-corrected chi connectivity index (χ4v) is 4.75. The van der Waals surface area contributed by atoms with Crippen LogP contribution in [0.15, 0.2) is 48.2 Å². The fraction of sp³-hybridized carbons (Fsp3) is 0.409. The standard InChI is InChI=1S/C22H25FN2O/c1-3-5-21(26)19-7-4-6-16-12-20-15(13-22(16,19)2)14-24-25(20)18-10-8-17(23)9-11-18/h3,5,8-12,14,19,21,26H,4,6-7,13H2,1-2H3/b5-3+/t19-,21+,22+/m1/s1. The smallest absolute Gasteiger partial charge is 0.123 e. The van der Waals surface area contributed by atoms with Gasteiger partial charge in [-0.25, -0.2) is 9.07 Å². The number of halogens is 1. The molecule has 26 heavy (non-hydrogen) atoms. The first-order valence-electron chi connectivity index (χ1n) is 9.37. The predicted molar refractivity (Wildman–Crippen MR) is 101 cm³/mol. The lowest BCUT2D eigenvalue weighted by molar-refractivity contribution is 0.0530. The molecule has 0 saturated heterocycles. The topological polar surface area (TPSA) is 38.1 Å². The van der Waals surface area contributed by atoms with Gasteiger partial charge in [-0.3, -0.25) is 0 Å². The van der Waals surface area contributed by atoms with E-state index >= 15 is 0 Å². The molecule has 2 aliphatic carbocycles. The van der Waals surface area contributed by atoms with Crippen molar-refractivity contribution in [2.24, 2.45) is 11.3 Å². The number of aromatic nitrogens is 2. The molecule has 0 amide bonds. The first-order chi connectivity index (χ1) is 12.5. The molecule has 2 aliphatic rings. The summed E-state index contributed by atoms with van der Waals surface area (Å²) in [6, 6.07) is 6.45. The molecule has 4 rings (SSSR count). The average Bonchev–Trinajstić information content (AvgIpc) is 3.01. The SMILES string of the molecule is C/C=C/[C@H](O)[C@H]1CCCC2=Cc3c(cnn3-c3ccc(F)cc3)C[C@@]21C. The van der Waals surface area contributed by atoms with Gasteiger partial charge < -0.3 is 5.11 Å². The van der Waals surface area contributed by atoms with Crippen molar-refractivity contribution < 1.29 is 9.50 Å². The molecule has 1 saturated carbocycles. The molecule has 1 fully saturated rings. The van der Waals surface area contributed by atoms with Gasteiger partial charge in [-0.15, -0.1) is 0 Å². The van der Waals surface area contributed by atoms with Gasteiger partial charge in [0.05, 0.1) is 23.7 Å². The zero-order valence-electron chi connectivity index (χ0n) is 15.3. The molecule has 1 aromatic carbocycles. The number of aliphatic hydroxyl groups excluding tert-OH is 1. The van der Waals surface area contributed by atoms with Crippen molar-refractivity contribution in [2.75, 3.05) is 0 Å². The van der Waals surface area contributed by atoms with E-state index < -0.39 is 6.10 Å². The summed E-state index contributed by atoms with van der Waals surface area (Å²) in [6.07, 6.45) is 11.7. The van der Waals surface area contributed by atoms with E-state index in [4.69, 9.17) is 0 Å². The Balaban J connectivity index is 1.74. The van der Waals surface area contributed by atoms with E-state index in [1.54, 1.807) is 12.1 Å². The lowest BCUT2D eigenvalue weighted by atomic mass is 9.58. The van der Waals surface area contributed by atoms with E-state index in [9.17, 15) is 9.50 Å². The fourth-order valence-electron chi connectivity index (χ4n) is 4.75. The summed E-state index contributed by atoms with van der Waals surface area (Å²) in [5, 5.41) is 15.2. The summed E-state index contributed by atoms with van der Waals surface area (Å²) in [5.74, 6) is -0.0187. The zero-order valence-corrected chi connectivity index (χ0v) is 15.3. The van der Waals surface area contributed by atoms with E-state index in [0.29, 0.717) is 0 Å². The largest absolute Gasteiger partial charge is 0.389 e. The summed E-state index contributed by atoms with van der Waals surface area (Å²) in [4.78, 5) is 0. The lowest BCUT2D eigenvalue weighted by Gasteiger charge is -2.47. The Kier molecular flexibility index (Phi) is 4.31. The highest BCUT2D eigenvalue weighted by Crippen LogP contribution is 2.52.